The molecule has 2 unspecified atom stereocenters. The fourth-order valence-corrected chi connectivity index (χ4v) is 4.86. The van der Waals surface area contributed by atoms with Crippen molar-refractivity contribution in [3.63, 3.8) is 0 Å². The Morgan fingerprint density at radius 1 is 1.00 bits per heavy atom. The van der Waals surface area contributed by atoms with E-state index in [0.717, 1.165) is 18.5 Å². The summed E-state index contributed by atoms with van der Waals surface area (Å²) in [7, 11) is 2.41. The summed E-state index contributed by atoms with van der Waals surface area (Å²) in [5.41, 5.74) is 0.540. The predicted octanol–water partition coefficient (Wildman–Crippen LogP) is 4.45. The summed E-state index contributed by atoms with van der Waals surface area (Å²) in [6.45, 7) is 8.39. The summed E-state index contributed by atoms with van der Waals surface area (Å²) in [5.74, 6) is 0.894. The third-order valence-electron chi connectivity index (χ3n) is 6.13. The molecule has 0 aliphatic heterocycles. The zero-order chi connectivity index (χ0) is 15.1. The number of rotatable bonds is 6. The molecule has 1 N–H and O–H groups in total. The van der Waals surface area contributed by atoms with Crippen molar-refractivity contribution in [3.05, 3.63) is 0 Å². The van der Waals surface area contributed by atoms with Gasteiger partial charge in [0.1, 0.15) is 0 Å². The summed E-state index contributed by atoms with van der Waals surface area (Å²) in [4.78, 5) is 2.74. The molecule has 0 aromatic carbocycles. The molecule has 2 aliphatic rings. The number of hydrogen-bond acceptors (Lipinski definition) is 2. The molecule has 2 nitrogen and oxygen atoms in total. The van der Waals surface area contributed by atoms with Gasteiger partial charge in [-0.25, -0.2) is 0 Å². The Morgan fingerprint density at radius 3 is 2.29 bits per heavy atom. The van der Waals surface area contributed by atoms with Gasteiger partial charge in [0.2, 0.25) is 0 Å². The molecule has 0 amide bonds. The van der Waals surface area contributed by atoms with Gasteiger partial charge >= 0.3 is 0 Å². The smallest absolute Gasteiger partial charge is 0.0118 e. The van der Waals surface area contributed by atoms with Gasteiger partial charge in [0, 0.05) is 19.1 Å². The van der Waals surface area contributed by atoms with Crippen LogP contribution in [0.1, 0.15) is 78.1 Å². The number of nitrogens with zero attached hydrogens (tertiary/aromatic N) is 1. The lowest BCUT2D eigenvalue weighted by Gasteiger charge is -2.43. The molecule has 124 valence electrons. The topological polar surface area (TPSA) is 15.3 Å². The average molecular weight is 295 g/mol. The van der Waals surface area contributed by atoms with E-state index < -0.39 is 0 Å². The van der Waals surface area contributed by atoms with Crippen LogP contribution in [0.2, 0.25) is 0 Å². The first-order chi connectivity index (χ1) is 10.2. The zero-order valence-electron chi connectivity index (χ0n) is 14.8. The van der Waals surface area contributed by atoms with Crippen LogP contribution in [-0.4, -0.2) is 37.6 Å². The minimum atomic E-state index is 0.540. The van der Waals surface area contributed by atoms with E-state index in [4.69, 9.17) is 0 Å². The van der Waals surface area contributed by atoms with E-state index in [1.165, 1.54) is 77.3 Å². The van der Waals surface area contributed by atoms with Gasteiger partial charge in [-0.1, -0.05) is 52.4 Å². The van der Waals surface area contributed by atoms with E-state index in [1.54, 1.807) is 0 Å². The quantitative estimate of drug-likeness (QED) is 0.728. The van der Waals surface area contributed by atoms with Crippen LogP contribution in [-0.2, 0) is 0 Å². The SMILES string of the molecule is CCNCC1(CN(C)C2CCCCC2C)CCCCCC1. The van der Waals surface area contributed by atoms with Crippen molar-refractivity contribution in [1.29, 1.82) is 0 Å². The van der Waals surface area contributed by atoms with Crippen LogP contribution < -0.4 is 5.32 Å². The van der Waals surface area contributed by atoms with Crippen LogP contribution in [0.15, 0.2) is 0 Å². The summed E-state index contributed by atoms with van der Waals surface area (Å²) < 4.78 is 0. The van der Waals surface area contributed by atoms with Crippen molar-refractivity contribution < 1.29 is 0 Å². The Hall–Kier alpha value is -0.0800. The summed E-state index contributed by atoms with van der Waals surface area (Å²) in [6.07, 6.45) is 14.4. The monoisotopic (exact) mass is 294 g/mol. The highest BCUT2D eigenvalue weighted by molar-refractivity contribution is 4.89. The highest BCUT2D eigenvalue weighted by Gasteiger charge is 2.35. The van der Waals surface area contributed by atoms with E-state index in [9.17, 15) is 0 Å². The first kappa shape index (κ1) is 17.3. The van der Waals surface area contributed by atoms with Gasteiger partial charge in [-0.3, -0.25) is 0 Å². The molecule has 2 rings (SSSR count). The minimum absolute atomic E-state index is 0.540. The van der Waals surface area contributed by atoms with Crippen LogP contribution in [0.3, 0.4) is 0 Å². The molecule has 2 fully saturated rings. The molecular weight excluding hydrogens is 256 g/mol. The van der Waals surface area contributed by atoms with E-state index in [2.05, 4.69) is 31.1 Å². The third-order valence-corrected chi connectivity index (χ3v) is 6.13. The van der Waals surface area contributed by atoms with E-state index in [0.29, 0.717) is 5.41 Å². The standard InChI is InChI=1S/C19H38N2/c1-4-20-15-19(13-9-5-6-10-14-19)16-21(3)18-12-8-7-11-17(18)2/h17-18,20H,4-16H2,1-3H3. The third kappa shape index (κ3) is 4.96. The highest BCUT2D eigenvalue weighted by Crippen LogP contribution is 2.37. The highest BCUT2D eigenvalue weighted by atomic mass is 15.1. The van der Waals surface area contributed by atoms with E-state index in [-0.39, 0.29) is 0 Å². The normalized spacial score (nSPS) is 30.3. The van der Waals surface area contributed by atoms with Crippen molar-refractivity contribution in [2.45, 2.75) is 84.1 Å². The maximum absolute atomic E-state index is 3.68. The number of nitrogens with one attached hydrogen (secondary N) is 1. The first-order valence-electron chi connectivity index (χ1n) is 9.58. The van der Waals surface area contributed by atoms with Crippen LogP contribution in [0.5, 0.6) is 0 Å². The van der Waals surface area contributed by atoms with Gasteiger partial charge < -0.3 is 10.2 Å². The van der Waals surface area contributed by atoms with Crippen LogP contribution in [0.25, 0.3) is 0 Å². The zero-order valence-corrected chi connectivity index (χ0v) is 14.8. The van der Waals surface area contributed by atoms with Gasteiger partial charge in [-0.2, -0.15) is 0 Å². The van der Waals surface area contributed by atoms with Crippen molar-refractivity contribution in [1.82, 2.24) is 10.2 Å². The fourth-order valence-electron chi connectivity index (χ4n) is 4.86. The Labute approximate surface area is 133 Å². The second-order valence-electron chi connectivity index (χ2n) is 7.94. The van der Waals surface area contributed by atoms with Crippen LogP contribution in [0.4, 0.5) is 0 Å². The predicted molar refractivity (Wildman–Crippen MR) is 92.7 cm³/mol. The maximum atomic E-state index is 3.68. The van der Waals surface area contributed by atoms with Crippen molar-refractivity contribution in [3.8, 4) is 0 Å². The largest absolute Gasteiger partial charge is 0.316 e. The fraction of sp³-hybridized carbons (Fsp3) is 1.00. The molecule has 0 heterocycles. The van der Waals surface area contributed by atoms with Gasteiger partial charge in [-0.15, -0.1) is 0 Å². The molecule has 0 spiro atoms. The Balaban J connectivity index is 1.98. The minimum Gasteiger partial charge on any atom is -0.316 e. The number of hydrogen-bond donors (Lipinski definition) is 1. The Morgan fingerprint density at radius 2 is 1.67 bits per heavy atom. The Bertz CT molecular complexity index is 281. The molecule has 0 aromatic rings. The second-order valence-corrected chi connectivity index (χ2v) is 7.94. The van der Waals surface area contributed by atoms with Crippen molar-refractivity contribution in [2.24, 2.45) is 11.3 Å². The van der Waals surface area contributed by atoms with Gasteiger partial charge in [0.25, 0.3) is 0 Å². The van der Waals surface area contributed by atoms with Crippen molar-refractivity contribution in [2.75, 3.05) is 26.7 Å². The Kier molecular flexibility index (Phi) is 7.01. The first-order valence-corrected chi connectivity index (χ1v) is 9.58. The molecule has 0 aromatic heterocycles. The molecule has 21 heavy (non-hydrogen) atoms. The lowest BCUT2D eigenvalue weighted by Crippen LogP contribution is -2.48. The van der Waals surface area contributed by atoms with Gasteiger partial charge in [0.05, 0.1) is 0 Å². The van der Waals surface area contributed by atoms with Gasteiger partial charge in [-0.05, 0) is 50.6 Å². The summed E-state index contributed by atoms with van der Waals surface area (Å²) >= 11 is 0. The van der Waals surface area contributed by atoms with E-state index in [1.807, 2.05) is 0 Å². The summed E-state index contributed by atoms with van der Waals surface area (Å²) in [5, 5.41) is 3.68. The molecule has 0 saturated heterocycles. The molecule has 2 saturated carbocycles. The molecule has 0 radical (unpaired) electrons. The molecule has 2 atom stereocenters. The lowest BCUT2D eigenvalue weighted by atomic mass is 9.78. The summed E-state index contributed by atoms with van der Waals surface area (Å²) in [6, 6.07) is 0.834. The van der Waals surface area contributed by atoms with Crippen LogP contribution in [0, 0.1) is 11.3 Å². The molecule has 2 aliphatic carbocycles. The van der Waals surface area contributed by atoms with E-state index >= 15 is 0 Å². The van der Waals surface area contributed by atoms with Crippen LogP contribution >= 0.6 is 0 Å². The molecule has 2 heteroatoms. The van der Waals surface area contributed by atoms with Gasteiger partial charge in [0.15, 0.2) is 0 Å². The molecular formula is C19H38N2. The lowest BCUT2D eigenvalue weighted by molar-refractivity contribution is 0.0731. The maximum Gasteiger partial charge on any atom is 0.0118 e. The molecule has 0 bridgehead atoms. The van der Waals surface area contributed by atoms with Crippen molar-refractivity contribution >= 4 is 0 Å². The second kappa shape index (κ2) is 8.53. The average Bonchev–Trinajstić information content (AvgIpc) is 2.71.